The first-order chi connectivity index (χ1) is 10.1. The van der Waals surface area contributed by atoms with Crippen LogP contribution in [0.15, 0.2) is 24.3 Å². The number of hydrogen-bond acceptors (Lipinski definition) is 3. The van der Waals surface area contributed by atoms with Crippen molar-refractivity contribution in [1.29, 1.82) is 0 Å². The van der Waals surface area contributed by atoms with E-state index in [0.29, 0.717) is 15.5 Å². The highest BCUT2D eigenvalue weighted by molar-refractivity contribution is 5.96. The van der Waals surface area contributed by atoms with E-state index in [4.69, 9.17) is 4.74 Å². The highest BCUT2D eigenvalue weighted by atomic mass is 19.4. The topological polar surface area (TPSA) is 61.9 Å². The van der Waals surface area contributed by atoms with Crippen molar-refractivity contribution in [1.82, 2.24) is 15.1 Å². The van der Waals surface area contributed by atoms with Crippen molar-refractivity contribution < 1.29 is 27.5 Å². The van der Waals surface area contributed by atoms with Crippen LogP contribution < -0.4 is 10.1 Å². The molecule has 1 N–H and O–H groups in total. The number of carbonyl (C=O) groups is 2. The predicted octanol–water partition coefficient (Wildman–Crippen LogP) is 2.12. The van der Waals surface area contributed by atoms with Crippen LogP contribution in [0, 0.1) is 0 Å². The number of carbonyl (C=O) groups excluding carboxylic acids is 2. The number of alkyl halides is 3. The number of halogens is 3. The largest absolute Gasteiger partial charge is 0.497 e. The first-order valence-corrected chi connectivity index (χ1v) is 6.20. The summed E-state index contributed by atoms with van der Waals surface area (Å²) in [6.07, 6.45) is -4.91. The normalized spacial score (nSPS) is 22.6. The molecule has 22 heavy (non-hydrogen) atoms. The van der Waals surface area contributed by atoms with Gasteiger partial charge in [-0.25, -0.2) is 14.5 Å². The molecular formula is C13H14F3N3O3. The number of benzene rings is 1. The van der Waals surface area contributed by atoms with Crippen LogP contribution in [-0.4, -0.2) is 49.2 Å². The summed E-state index contributed by atoms with van der Waals surface area (Å²) in [5, 5.41) is 1.88. The molecule has 0 spiro atoms. The molecule has 0 aromatic heterocycles. The fourth-order valence-electron chi connectivity index (χ4n) is 2.30. The molecule has 1 saturated heterocycles. The lowest BCUT2D eigenvalue weighted by Crippen LogP contribution is -2.73. The van der Waals surface area contributed by atoms with Gasteiger partial charge in [-0.05, 0) is 12.1 Å². The number of ether oxygens (including phenoxy) is 1. The lowest BCUT2D eigenvalue weighted by atomic mass is 9.95. The average Bonchev–Trinajstić information content (AvgIpc) is 2.47. The van der Waals surface area contributed by atoms with Crippen LogP contribution in [0.2, 0.25) is 0 Å². The molecule has 2 rings (SSSR count). The van der Waals surface area contributed by atoms with Crippen LogP contribution in [0.3, 0.4) is 0 Å². The SMILES string of the molecule is COc1ccc([C@@]2(C(F)(F)F)NC(=O)N(C)C(=O)N2C)cc1. The maximum atomic E-state index is 13.7. The highest BCUT2D eigenvalue weighted by Crippen LogP contribution is 2.43. The van der Waals surface area contributed by atoms with E-state index in [1.54, 1.807) is 0 Å². The quantitative estimate of drug-likeness (QED) is 0.909. The molecule has 1 heterocycles. The number of amides is 4. The summed E-state index contributed by atoms with van der Waals surface area (Å²) in [7, 11) is 3.46. The third-order valence-electron chi connectivity index (χ3n) is 3.59. The van der Waals surface area contributed by atoms with Gasteiger partial charge >= 0.3 is 18.2 Å². The number of hydrogen-bond donors (Lipinski definition) is 1. The van der Waals surface area contributed by atoms with Crippen LogP contribution in [0.4, 0.5) is 22.8 Å². The monoisotopic (exact) mass is 317 g/mol. The summed E-state index contributed by atoms with van der Waals surface area (Å²) in [6, 6.07) is 2.77. The zero-order valence-electron chi connectivity index (χ0n) is 12.1. The summed E-state index contributed by atoms with van der Waals surface area (Å²) in [4.78, 5) is 24.7. The fraction of sp³-hybridized carbons (Fsp3) is 0.385. The smallest absolute Gasteiger partial charge is 0.435 e. The van der Waals surface area contributed by atoms with Crippen molar-refractivity contribution in [3.05, 3.63) is 29.8 Å². The van der Waals surface area contributed by atoms with Crippen molar-refractivity contribution >= 4 is 12.1 Å². The molecular weight excluding hydrogens is 303 g/mol. The Morgan fingerprint density at radius 3 is 2.14 bits per heavy atom. The number of nitrogens with zero attached hydrogens (tertiary/aromatic N) is 2. The van der Waals surface area contributed by atoms with Gasteiger partial charge in [0, 0.05) is 19.7 Å². The predicted molar refractivity (Wildman–Crippen MR) is 70.2 cm³/mol. The van der Waals surface area contributed by atoms with E-state index in [0.717, 1.165) is 26.2 Å². The molecule has 120 valence electrons. The Morgan fingerprint density at radius 1 is 1.14 bits per heavy atom. The van der Waals surface area contributed by atoms with Crippen LogP contribution in [0.25, 0.3) is 0 Å². The Kier molecular flexibility index (Phi) is 3.68. The van der Waals surface area contributed by atoms with Gasteiger partial charge in [-0.2, -0.15) is 13.2 Å². The van der Waals surface area contributed by atoms with Crippen molar-refractivity contribution in [2.24, 2.45) is 0 Å². The van der Waals surface area contributed by atoms with Crippen molar-refractivity contribution in [3.63, 3.8) is 0 Å². The molecule has 0 aliphatic carbocycles. The Hall–Kier alpha value is -2.45. The van der Waals surface area contributed by atoms with Gasteiger partial charge in [0.2, 0.25) is 5.66 Å². The van der Waals surface area contributed by atoms with E-state index < -0.39 is 23.9 Å². The molecule has 4 amide bonds. The molecule has 0 saturated carbocycles. The second-order valence-electron chi connectivity index (χ2n) is 4.77. The van der Waals surface area contributed by atoms with Crippen LogP contribution >= 0.6 is 0 Å². The summed E-state index contributed by atoms with van der Waals surface area (Å²) in [5.41, 5.74) is -3.22. The van der Waals surface area contributed by atoms with Crippen LogP contribution in [0.1, 0.15) is 5.56 Å². The zero-order chi connectivity index (χ0) is 16.7. The molecule has 1 aromatic rings. The molecule has 6 nitrogen and oxygen atoms in total. The Bertz CT molecular complexity index is 603. The summed E-state index contributed by atoms with van der Waals surface area (Å²) in [6.45, 7) is 0. The van der Waals surface area contributed by atoms with Gasteiger partial charge in [0.25, 0.3) is 0 Å². The first-order valence-electron chi connectivity index (χ1n) is 6.20. The fourth-order valence-corrected chi connectivity index (χ4v) is 2.30. The molecule has 9 heteroatoms. The highest BCUT2D eigenvalue weighted by Gasteiger charge is 2.64. The van der Waals surface area contributed by atoms with Gasteiger partial charge in [0.1, 0.15) is 5.75 Å². The van der Waals surface area contributed by atoms with Gasteiger partial charge in [-0.3, -0.25) is 4.90 Å². The summed E-state index contributed by atoms with van der Waals surface area (Å²) >= 11 is 0. The number of rotatable bonds is 2. The lowest BCUT2D eigenvalue weighted by molar-refractivity contribution is -0.237. The zero-order valence-corrected chi connectivity index (χ0v) is 12.1. The molecule has 1 aromatic carbocycles. The summed E-state index contributed by atoms with van der Waals surface area (Å²) in [5.74, 6) is 0.356. The van der Waals surface area contributed by atoms with E-state index in [-0.39, 0.29) is 5.56 Å². The second-order valence-corrected chi connectivity index (χ2v) is 4.77. The van der Waals surface area contributed by atoms with Crippen LogP contribution in [0.5, 0.6) is 5.75 Å². The number of imide groups is 1. The van der Waals surface area contributed by atoms with Gasteiger partial charge in [-0.15, -0.1) is 0 Å². The minimum atomic E-state index is -4.91. The molecule has 1 atom stereocenters. The molecule has 1 aliphatic rings. The Balaban J connectivity index is 2.62. The third-order valence-corrected chi connectivity index (χ3v) is 3.59. The maximum Gasteiger partial charge on any atom is 0.435 e. The molecule has 1 fully saturated rings. The van der Waals surface area contributed by atoms with E-state index in [1.165, 1.54) is 19.2 Å². The second kappa shape index (κ2) is 5.08. The number of urea groups is 2. The molecule has 0 bridgehead atoms. The third kappa shape index (κ3) is 2.13. The number of nitrogens with one attached hydrogen (secondary N) is 1. The van der Waals surface area contributed by atoms with E-state index >= 15 is 0 Å². The molecule has 0 radical (unpaired) electrons. The Labute approximate surface area is 124 Å². The van der Waals surface area contributed by atoms with E-state index in [1.807, 2.05) is 5.32 Å². The van der Waals surface area contributed by atoms with Gasteiger partial charge < -0.3 is 10.1 Å². The van der Waals surface area contributed by atoms with Gasteiger partial charge in [-0.1, -0.05) is 12.1 Å². The lowest BCUT2D eigenvalue weighted by Gasteiger charge is -2.48. The van der Waals surface area contributed by atoms with Crippen molar-refractivity contribution in [3.8, 4) is 5.75 Å². The van der Waals surface area contributed by atoms with Crippen LogP contribution in [-0.2, 0) is 5.66 Å². The Morgan fingerprint density at radius 2 is 1.68 bits per heavy atom. The molecule has 1 aliphatic heterocycles. The first kappa shape index (κ1) is 15.9. The van der Waals surface area contributed by atoms with E-state index in [9.17, 15) is 22.8 Å². The summed E-state index contributed by atoms with van der Waals surface area (Å²) < 4.78 is 46.1. The van der Waals surface area contributed by atoms with Gasteiger partial charge in [0.05, 0.1) is 7.11 Å². The maximum absolute atomic E-state index is 13.7. The minimum Gasteiger partial charge on any atom is -0.497 e. The van der Waals surface area contributed by atoms with Gasteiger partial charge in [0.15, 0.2) is 0 Å². The minimum absolute atomic E-state index is 0.293. The van der Waals surface area contributed by atoms with Crippen molar-refractivity contribution in [2.45, 2.75) is 11.8 Å². The van der Waals surface area contributed by atoms with E-state index in [2.05, 4.69) is 0 Å². The number of methoxy groups -OCH3 is 1. The molecule has 0 unspecified atom stereocenters. The standard InChI is InChI=1S/C13H14F3N3O3/c1-18-10(20)17-12(13(14,15)16,19(2)11(18)21)8-4-6-9(22-3)7-5-8/h4-7H,1-3H3,(H,17,20)/t12-/m1/s1. The average molecular weight is 317 g/mol. The van der Waals surface area contributed by atoms with Crippen molar-refractivity contribution in [2.75, 3.05) is 21.2 Å².